The summed E-state index contributed by atoms with van der Waals surface area (Å²) in [5.41, 5.74) is 0. The highest BCUT2D eigenvalue weighted by atomic mass is 16.7. The predicted octanol–water partition coefficient (Wildman–Crippen LogP) is 2.14. The van der Waals surface area contributed by atoms with Crippen molar-refractivity contribution in [3.05, 3.63) is 0 Å². The molecule has 0 amide bonds. The highest BCUT2D eigenvalue weighted by Gasteiger charge is 2.12. The average Bonchev–Trinajstić information content (AvgIpc) is 2.25. The van der Waals surface area contributed by atoms with E-state index in [0.717, 1.165) is 19.6 Å². The van der Waals surface area contributed by atoms with E-state index in [-0.39, 0.29) is 6.29 Å². The summed E-state index contributed by atoms with van der Waals surface area (Å²) in [7, 11) is 2.24. The molecule has 0 radical (unpaired) electrons. The quantitative estimate of drug-likeness (QED) is 0.461. The first-order valence-electron chi connectivity index (χ1n) is 6.16. The number of rotatable bonds is 7. The summed E-state index contributed by atoms with van der Waals surface area (Å²) in [6, 6.07) is 0. The molecule has 1 rings (SSSR count). The van der Waals surface area contributed by atoms with Crippen LogP contribution in [0.15, 0.2) is 0 Å². The van der Waals surface area contributed by atoms with Gasteiger partial charge in [0.05, 0.1) is 0 Å². The first kappa shape index (κ1) is 12.1. The molecule has 1 atom stereocenters. The molecule has 0 aromatic carbocycles. The predicted molar refractivity (Wildman–Crippen MR) is 61.4 cm³/mol. The van der Waals surface area contributed by atoms with Crippen LogP contribution in [0.3, 0.4) is 0 Å². The van der Waals surface area contributed by atoms with Gasteiger partial charge in [-0.05, 0) is 25.7 Å². The molecule has 1 saturated heterocycles. The fraction of sp³-hybridized carbons (Fsp3) is 1.00. The molecule has 1 fully saturated rings. The molecule has 0 N–H and O–H groups in total. The van der Waals surface area contributed by atoms with Crippen LogP contribution < -0.4 is 0 Å². The van der Waals surface area contributed by atoms with Gasteiger partial charge in [0.15, 0.2) is 6.29 Å². The first-order chi connectivity index (χ1) is 6.93. The van der Waals surface area contributed by atoms with Gasteiger partial charge in [0, 0.05) is 13.2 Å². The van der Waals surface area contributed by atoms with E-state index >= 15 is 0 Å². The smallest absolute Gasteiger partial charge is 0.157 e. The Morgan fingerprint density at radius 3 is 2.71 bits per heavy atom. The molecule has 0 aromatic heterocycles. The molecule has 2 nitrogen and oxygen atoms in total. The van der Waals surface area contributed by atoms with Crippen LogP contribution in [-0.4, -0.2) is 27.4 Å². The van der Waals surface area contributed by atoms with Gasteiger partial charge in [-0.15, -0.1) is 0 Å². The van der Waals surface area contributed by atoms with Gasteiger partial charge in [0.2, 0.25) is 0 Å². The summed E-state index contributed by atoms with van der Waals surface area (Å²) in [6.45, 7) is 1.77. The number of ether oxygens (including phenoxy) is 2. The Labute approximate surface area is 88.8 Å². The average molecular weight is 198 g/mol. The molecular formula is C11H23BO2. The Kier molecular flexibility index (Phi) is 7.15. The van der Waals surface area contributed by atoms with Gasteiger partial charge in [-0.3, -0.25) is 0 Å². The minimum Gasteiger partial charge on any atom is -0.353 e. The fourth-order valence-corrected chi connectivity index (χ4v) is 1.76. The van der Waals surface area contributed by atoms with Gasteiger partial charge >= 0.3 is 0 Å². The maximum atomic E-state index is 5.64. The van der Waals surface area contributed by atoms with Crippen molar-refractivity contribution in [1.29, 1.82) is 0 Å². The van der Waals surface area contributed by atoms with Crippen LogP contribution in [0.4, 0.5) is 0 Å². The van der Waals surface area contributed by atoms with E-state index < -0.39 is 0 Å². The molecule has 0 aliphatic carbocycles. The summed E-state index contributed by atoms with van der Waals surface area (Å²) in [4.78, 5) is 0. The second-order valence-corrected chi connectivity index (χ2v) is 4.08. The molecule has 1 aliphatic heterocycles. The lowest BCUT2D eigenvalue weighted by Gasteiger charge is -2.22. The Balaban J connectivity index is 1.82. The molecular weight excluding hydrogens is 175 g/mol. The van der Waals surface area contributed by atoms with E-state index in [0.29, 0.717) is 0 Å². The maximum absolute atomic E-state index is 5.64. The Morgan fingerprint density at radius 2 is 2.00 bits per heavy atom. The molecule has 3 heteroatoms. The van der Waals surface area contributed by atoms with Gasteiger partial charge in [0.25, 0.3) is 0 Å². The van der Waals surface area contributed by atoms with Crippen LogP contribution in [0.2, 0.25) is 6.32 Å². The lowest BCUT2D eigenvalue weighted by Crippen LogP contribution is -2.22. The monoisotopic (exact) mass is 198 g/mol. The highest BCUT2D eigenvalue weighted by molar-refractivity contribution is 6.08. The van der Waals surface area contributed by atoms with Crippen molar-refractivity contribution in [3.63, 3.8) is 0 Å². The lowest BCUT2D eigenvalue weighted by atomic mass is 9.99. The molecule has 0 spiro atoms. The number of unbranched alkanes of at least 4 members (excludes halogenated alkanes) is 3. The second kappa shape index (κ2) is 8.31. The highest BCUT2D eigenvalue weighted by Crippen LogP contribution is 2.14. The lowest BCUT2D eigenvalue weighted by molar-refractivity contribution is -0.162. The molecule has 0 bridgehead atoms. The van der Waals surface area contributed by atoms with Crippen molar-refractivity contribution >= 4 is 7.85 Å². The van der Waals surface area contributed by atoms with Crippen molar-refractivity contribution < 1.29 is 9.47 Å². The third kappa shape index (κ3) is 5.66. The summed E-state index contributed by atoms with van der Waals surface area (Å²) in [6.07, 6.45) is 10.2. The van der Waals surface area contributed by atoms with E-state index in [1.165, 1.54) is 44.8 Å². The van der Waals surface area contributed by atoms with Crippen LogP contribution in [0.5, 0.6) is 0 Å². The fourth-order valence-electron chi connectivity index (χ4n) is 1.76. The van der Waals surface area contributed by atoms with Crippen molar-refractivity contribution in [2.45, 2.75) is 57.6 Å². The minimum atomic E-state index is 0.106. The Hall–Kier alpha value is -0.0151. The maximum Gasteiger partial charge on any atom is 0.157 e. The Bertz CT molecular complexity index is 124. The normalized spacial score (nSPS) is 22.4. The number of hydrogen-bond acceptors (Lipinski definition) is 2. The summed E-state index contributed by atoms with van der Waals surface area (Å²) >= 11 is 0. The molecule has 14 heavy (non-hydrogen) atoms. The van der Waals surface area contributed by atoms with Crippen molar-refractivity contribution in [2.24, 2.45) is 0 Å². The zero-order valence-electron chi connectivity index (χ0n) is 9.46. The van der Waals surface area contributed by atoms with Crippen LogP contribution >= 0.6 is 0 Å². The first-order valence-corrected chi connectivity index (χ1v) is 6.16. The number of hydrogen-bond donors (Lipinski definition) is 0. The minimum absolute atomic E-state index is 0.106. The summed E-state index contributed by atoms with van der Waals surface area (Å²) in [5, 5.41) is 0. The standard InChI is InChI=1S/C11H23BO2/c12-8-4-1-2-5-9-13-11-7-3-6-10-14-11/h11H,1-10,12H2. The largest absolute Gasteiger partial charge is 0.353 e. The van der Waals surface area contributed by atoms with Crippen molar-refractivity contribution in [2.75, 3.05) is 13.2 Å². The zero-order valence-corrected chi connectivity index (χ0v) is 9.46. The van der Waals surface area contributed by atoms with Crippen LogP contribution in [-0.2, 0) is 9.47 Å². The summed E-state index contributed by atoms with van der Waals surface area (Å²) < 4.78 is 11.1. The van der Waals surface area contributed by atoms with E-state index in [9.17, 15) is 0 Å². The third-order valence-corrected chi connectivity index (χ3v) is 2.69. The van der Waals surface area contributed by atoms with Crippen LogP contribution in [0.25, 0.3) is 0 Å². The van der Waals surface area contributed by atoms with Gasteiger partial charge < -0.3 is 9.47 Å². The van der Waals surface area contributed by atoms with Crippen LogP contribution in [0, 0.1) is 0 Å². The van der Waals surface area contributed by atoms with E-state index in [1.807, 2.05) is 0 Å². The van der Waals surface area contributed by atoms with E-state index in [2.05, 4.69) is 7.85 Å². The van der Waals surface area contributed by atoms with Gasteiger partial charge in [-0.1, -0.05) is 25.6 Å². The SMILES string of the molecule is BCCCCCCOC1CCCCO1. The van der Waals surface area contributed by atoms with Gasteiger partial charge in [-0.2, -0.15) is 0 Å². The van der Waals surface area contributed by atoms with Gasteiger partial charge in [0.1, 0.15) is 7.85 Å². The Morgan fingerprint density at radius 1 is 1.14 bits per heavy atom. The van der Waals surface area contributed by atoms with Crippen molar-refractivity contribution in [3.8, 4) is 0 Å². The van der Waals surface area contributed by atoms with E-state index in [4.69, 9.17) is 9.47 Å². The third-order valence-electron chi connectivity index (χ3n) is 2.69. The van der Waals surface area contributed by atoms with Crippen molar-refractivity contribution in [1.82, 2.24) is 0 Å². The zero-order chi connectivity index (χ0) is 10.1. The second-order valence-electron chi connectivity index (χ2n) is 4.08. The molecule has 0 saturated carbocycles. The molecule has 82 valence electrons. The molecule has 0 aromatic rings. The summed E-state index contributed by atoms with van der Waals surface area (Å²) in [5.74, 6) is 0. The molecule has 1 heterocycles. The van der Waals surface area contributed by atoms with Gasteiger partial charge in [-0.25, -0.2) is 0 Å². The molecule has 1 aliphatic rings. The topological polar surface area (TPSA) is 18.5 Å². The molecule has 1 unspecified atom stereocenters. The van der Waals surface area contributed by atoms with Crippen LogP contribution in [0.1, 0.15) is 44.9 Å². The van der Waals surface area contributed by atoms with E-state index in [1.54, 1.807) is 0 Å².